The monoisotopic (exact) mass is 388 g/mol. The maximum absolute atomic E-state index is 14.6. The number of hydrogen-bond acceptors (Lipinski definition) is 4. The van der Waals surface area contributed by atoms with Crippen LogP contribution in [0.2, 0.25) is 0 Å². The number of phenolic OH excluding ortho intramolecular Hbond substituents is 1. The molecule has 1 aliphatic heterocycles. The first-order valence-corrected chi connectivity index (χ1v) is 8.84. The van der Waals surface area contributed by atoms with Gasteiger partial charge in [-0.1, -0.05) is 0 Å². The molecule has 0 radical (unpaired) electrons. The highest BCUT2D eigenvalue weighted by Crippen LogP contribution is 2.35. The van der Waals surface area contributed by atoms with Gasteiger partial charge in [0.2, 0.25) is 11.7 Å². The summed E-state index contributed by atoms with van der Waals surface area (Å²) in [5.41, 5.74) is 0.00954. The van der Waals surface area contributed by atoms with E-state index in [2.05, 4.69) is 10.3 Å². The van der Waals surface area contributed by atoms with Crippen LogP contribution in [0.1, 0.15) is 17.8 Å². The Bertz CT molecular complexity index is 1200. The summed E-state index contributed by atoms with van der Waals surface area (Å²) in [4.78, 5) is 29.5. The molecule has 28 heavy (non-hydrogen) atoms. The number of nitrogens with zero attached hydrogens (tertiary/aromatic N) is 3. The minimum atomic E-state index is -1.38. The van der Waals surface area contributed by atoms with Crippen molar-refractivity contribution in [2.45, 2.75) is 32.9 Å². The van der Waals surface area contributed by atoms with Crippen LogP contribution in [0, 0.1) is 18.6 Å². The second-order valence-electron chi connectivity index (χ2n) is 6.85. The molecule has 0 atom stereocenters. The number of carbonyl (C=O) groups is 1. The summed E-state index contributed by atoms with van der Waals surface area (Å²) in [6, 6.07) is 1.28. The lowest BCUT2D eigenvalue weighted by Gasteiger charge is -2.08. The topological polar surface area (TPSA) is 89.2 Å². The maximum Gasteiger partial charge on any atom is 0.263 e. The fourth-order valence-electron chi connectivity index (χ4n) is 3.63. The van der Waals surface area contributed by atoms with Gasteiger partial charge < -0.3 is 15.0 Å². The lowest BCUT2D eigenvalue weighted by Crippen LogP contribution is -2.24. The van der Waals surface area contributed by atoms with Gasteiger partial charge in [0, 0.05) is 37.3 Å². The van der Waals surface area contributed by atoms with Crippen molar-refractivity contribution in [3.63, 3.8) is 0 Å². The molecule has 4 rings (SSSR count). The molecule has 3 heterocycles. The second kappa shape index (κ2) is 6.43. The maximum atomic E-state index is 14.6. The molecule has 1 aliphatic rings. The smallest absolute Gasteiger partial charge is 0.263 e. The van der Waals surface area contributed by atoms with Crippen LogP contribution in [0.5, 0.6) is 5.75 Å². The summed E-state index contributed by atoms with van der Waals surface area (Å²) in [7, 11) is 1.48. The zero-order valence-corrected chi connectivity index (χ0v) is 15.3. The first-order valence-electron chi connectivity index (χ1n) is 8.84. The molecule has 0 unspecified atom stereocenters. The molecule has 146 valence electrons. The van der Waals surface area contributed by atoms with Crippen molar-refractivity contribution in [2.24, 2.45) is 0 Å². The summed E-state index contributed by atoms with van der Waals surface area (Å²) >= 11 is 0. The number of hydrogen-bond donors (Lipinski definition) is 2. The van der Waals surface area contributed by atoms with Crippen LogP contribution in [0.25, 0.3) is 22.2 Å². The number of fused-ring (bicyclic) bond motifs is 2. The number of halogens is 2. The van der Waals surface area contributed by atoms with Gasteiger partial charge in [-0.05, 0) is 25.0 Å². The Kier molecular flexibility index (Phi) is 4.17. The fourth-order valence-corrected chi connectivity index (χ4v) is 3.63. The third-order valence-corrected chi connectivity index (χ3v) is 5.09. The average Bonchev–Trinajstić information content (AvgIpc) is 3.29. The van der Waals surface area contributed by atoms with Gasteiger partial charge in [-0.2, -0.15) is 4.39 Å². The van der Waals surface area contributed by atoms with Gasteiger partial charge in [-0.15, -0.1) is 0 Å². The van der Waals surface area contributed by atoms with E-state index in [4.69, 9.17) is 0 Å². The van der Waals surface area contributed by atoms with Crippen molar-refractivity contribution in [3.05, 3.63) is 45.6 Å². The molecular formula is C19H18F2N4O3. The standard InChI is InChI=1S/C19H18F2N4O3/c1-9-6-10(15(20)16(21)17(9)27)11-7-24(8-13(26)22-2)18-14(11)19(28)25-5-3-4-12(25)23-18/h6-7,27H,3-5,8H2,1-2H3,(H,22,26). The van der Waals surface area contributed by atoms with Crippen LogP contribution in [0.15, 0.2) is 17.1 Å². The molecule has 0 aliphatic carbocycles. The second-order valence-corrected chi connectivity index (χ2v) is 6.85. The summed E-state index contributed by atoms with van der Waals surface area (Å²) in [5.74, 6) is -3.12. The SMILES string of the molecule is CNC(=O)Cn1cc(-c2cc(C)c(O)c(F)c2F)c2c(=O)n3c(nc21)CCC3. The van der Waals surface area contributed by atoms with Gasteiger partial charge >= 0.3 is 0 Å². The number of aromatic hydroxyl groups is 1. The van der Waals surface area contributed by atoms with Crippen molar-refractivity contribution in [2.75, 3.05) is 7.05 Å². The third-order valence-electron chi connectivity index (χ3n) is 5.09. The lowest BCUT2D eigenvalue weighted by molar-refractivity contribution is -0.121. The lowest BCUT2D eigenvalue weighted by atomic mass is 10.0. The molecule has 2 aromatic heterocycles. The fraction of sp³-hybridized carbons (Fsp3) is 0.316. The van der Waals surface area contributed by atoms with Gasteiger partial charge in [-0.25, -0.2) is 9.37 Å². The first kappa shape index (κ1) is 18.1. The number of aromatic nitrogens is 3. The van der Waals surface area contributed by atoms with Gasteiger partial charge in [0.15, 0.2) is 11.6 Å². The molecule has 0 saturated carbocycles. The van der Waals surface area contributed by atoms with E-state index in [-0.39, 0.29) is 45.7 Å². The number of rotatable bonds is 3. The van der Waals surface area contributed by atoms with Crippen molar-refractivity contribution in [1.82, 2.24) is 19.4 Å². The molecular weight excluding hydrogens is 370 g/mol. The molecule has 1 amide bonds. The van der Waals surface area contributed by atoms with Crippen LogP contribution in [-0.2, 0) is 24.3 Å². The zero-order valence-electron chi connectivity index (χ0n) is 15.3. The molecule has 0 fully saturated rings. The van der Waals surface area contributed by atoms with E-state index < -0.39 is 17.4 Å². The number of phenols is 1. The molecule has 9 heteroatoms. The van der Waals surface area contributed by atoms with E-state index in [9.17, 15) is 23.5 Å². The summed E-state index contributed by atoms with van der Waals surface area (Å²) in [5, 5.41) is 12.3. The Morgan fingerprint density at radius 3 is 2.79 bits per heavy atom. The Balaban J connectivity index is 2.07. The molecule has 1 aromatic carbocycles. The average molecular weight is 388 g/mol. The Labute approximate surface area is 158 Å². The minimum Gasteiger partial charge on any atom is -0.505 e. The molecule has 3 aromatic rings. The first-order chi connectivity index (χ1) is 13.3. The van der Waals surface area contributed by atoms with E-state index in [0.717, 1.165) is 6.42 Å². The van der Waals surface area contributed by atoms with Crippen molar-refractivity contribution in [1.29, 1.82) is 0 Å². The Morgan fingerprint density at radius 1 is 1.32 bits per heavy atom. The van der Waals surface area contributed by atoms with Gasteiger partial charge in [0.05, 0.1) is 5.39 Å². The van der Waals surface area contributed by atoms with Crippen molar-refractivity contribution < 1.29 is 18.7 Å². The molecule has 7 nitrogen and oxygen atoms in total. The van der Waals surface area contributed by atoms with Crippen molar-refractivity contribution >= 4 is 16.9 Å². The number of benzene rings is 1. The molecule has 2 N–H and O–H groups in total. The zero-order chi connectivity index (χ0) is 20.2. The van der Waals surface area contributed by atoms with Crippen LogP contribution < -0.4 is 10.9 Å². The normalized spacial score (nSPS) is 13.1. The van der Waals surface area contributed by atoms with Crippen LogP contribution in [0.3, 0.4) is 0 Å². The van der Waals surface area contributed by atoms with E-state index in [1.165, 1.54) is 35.4 Å². The highest BCUT2D eigenvalue weighted by Gasteiger charge is 2.26. The van der Waals surface area contributed by atoms with Gasteiger partial charge in [0.25, 0.3) is 5.56 Å². The summed E-state index contributed by atoms with van der Waals surface area (Å²) in [6.07, 6.45) is 2.83. The number of aryl methyl sites for hydroxylation is 2. The largest absolute Gasteiger partial charge is 0.505 e. The molecule has 0 bridgehead atoms. The molecule has 0 spiro atoms. The number of amides is 1. The van der Waals surface area contributed by atoms with Crippen LogP contribution in [-0.4, -0.2) is 32.2 Å². The minimum absolute atomic E-state index is 0.121. The van der Waals surface area contributed by atoms with Gasteiger partial charge in [-0.3, -0.25) is 14.2 Å². The third kappa shape index (κ3) is 2.57. The molecule has 0 saturated heterocycles. The predicted molar refractivity (Wildman–Crippen MR) is 98.1 cm³/mol. The number of likely N-dealkylation sites (N-methyl/N-ethyl adjacent to an activating group) is 1. The number of nitrogens with one attached hydrogen (secondary N) is 1. The Hall–Kier alpha value is -3.23. The summed E-state index contributed by atoms with van der Waals surface area (Å²) < 4.78 is 31.8. The number of carbonyl (C=O) groups excluding carboxylic acids is 1. The Morgan fingerprint density at radius 2 is 2.07 bits per heavy atom. The van der Waals surface area contributed by atoms with E-state index in [1.54, 1.807) is 0 Å². The summed E-state index contributed by atoms with van der Waals surface area (Å²) in [6.45, 7) is 1.82. The van der Waals surface area contributed by atoms with E-state index in [1.807, 2.05) is 0 Å². The quantitative estimate of drug-likeness (QED) is 0.717. The highest BCUT2D eigenvalue weighted by molar-refractivity contribution is 5.95. The van der Waals surface area contributed by atoms with Crippen LogP contribution >= 0.6 is 0 Å². The van der Waals surface area contributed by atoms with E-state index in [0.29, 0.717) is 18.8 Å². The van der Waals surface area contributed by atoms with E-state index >= 15 is 0 Å². The van der Waals surface area contributed by atoms with Gasteiger partial charge in [0.1, 0.15) is 18.0 Å². The van der Waals surface area contributed by atoms with Crippen LogP contribution in [0.4, 0.5) is 8.78 Å². The predicted octanol–water partition coefficient (Wildman–Crippen LogP) is 1.85. The van der Waals surface area contributed by atoms with Crippen molar-refractivity contribution in [3.8, 4) is 16.9 Å². The highest BCUT2D eigenvalue weighted by atomic mass is 19.2.